The third-order valence-electron chi connectivity index (χ3n) is 5.36. The number of ether oxygens (including phenoxy) is 3. The summed E-state index contributed by atoms with van der Waals surface area (Å²) in [6.07, 6.45) is -1.10. The van der Waals surface area contributed by atoms with Gasteiger partial charge in [0.15, 0.2) is 6.10 Å². The molecule has 1 aromatic heterocycles. The molecule has 168 valence electrons. The van der Waals surface area contributed by atoms with Crippen molar-refractivity contribution < 1.29 is 19.0 Å². The SMILES string of the molecule is CC(C)OC1c2cc(NCc3ccccc3)ccc2OC(C)(C)C1OC(=O)c1cccs1. The molecule has 3 aromatic rings. The van der Waals surface area contributed by atoms with Gasteiger partial charge in [-0.2, -0.15) is 0 Å². The molecular weight excluding hydrogens is 422 g/mol. The molecule has 0 fully saturated rings. The van der Waals surface area contributed by atoms with Gasteiger partial charge < -0.3 is 19.5 Å². The van der Waals surface area contributed by atoms with Crippen molar-refractivity contribution in [1.82, 2.24) is 0 Å². The number of carbonyl (C=O) groups is 1. The highest BCUT2D eigenvalue weighted by Crippen LogP contribution is 2.45. The molecule has 2 unspecified atom stereocenters. The van der Waals surface area contributed by atoms with Crippen LogP contribution < -0.4 is 10.1 Å². The number of thiophene rings is 1. The third kappa shape index (κ3) is 4.97. The second kappa shape index (κ2) is 9.35. The quantitative estimate of drug-likeness (QED) is 0.432. The number of nitrogens with one attached hydrogen (secondary N) is 1. The molecule has 0 bridgehead atoms. The Morgan fingerprint density at radius 2 is 1.91 bits per heavy atom. The summed E-state index contributed by atoms with van der Waals surface area (Å²) >= 11 is 1.36. The lowest BCUT2D eigenvalue weighted by Crippen LogP contribution is -2.52. The minimum absolute atomic E-state index is 0.0503. The highest BCUT2D eigenvalue weighted by Gasteiger charge is 2.48. The second-order valence-electron chi connectivity index (χ2n) is 8.71. The van der Waals surface area contributed by atoms with Gasteiger partial charge in [0.05, 0.1) is 6.10 Å². The minimum Gasteiger partial charge on any atom is -0.483 e. The lowest BCUT2D eigenvalue weighted by atomic mass is 9.87. The lowest BCUT2D eigenvalue weighted by Gasteiger charge is -2.44. The molecular formula is C26H29NO4S. The summed E-state index contributed by atoms with van der Waals surface area (Å²) in [5, 5.41) is 5.33. The molecule has 1 aliphatic heterocycles. The molecule has 0 saturated carbocycles. The van der Waals surface area contributed by atoms with Crippen molar-refractivity contribution in [2.75, 3.05) is 5.32 Å². The smallest absolute Gasteiger partial charge is 0.348 e. The Balaban J connectivity index is 1.63. The van der Waals surface area contributed by atoms with Gasteiger partial charge in [0.1, 0.15) is 22.3 Å². The summed E-state index contributed by atoms with van der Waals surface area (Å²) in [4.78, 5) is 13.4. The van der Waals surface area contributed by atoms with Crippen molar-refractivity contribution in [3.63, 3.8) is 0 Å². The van der Waals surface area contributed by atoms with Gasteiger partial charge in [0.25, 0.3) is 0 Å². The van der Waals surface area contributed by atoms with Crippen LogP contribution in [0.4, 0.5) is 5.69 Å². The summed E-state index contributed by atoms with van der Waals surface area (Å²) in [5.41, 5.74) is 2.27. The highest BCUT2D eigenvalue weighted by molar-refractivity contribution is 7.11. The molecule has 0 radical (unpaired) electrons. The molecule has 0 amide bonds. The van der Waals surface area contributed by atoms with E-state index in [-0.39, 0.29) is 12.1 Å². The number of anilines is 1. The molecule has 2 atom stereocenters. The molecule has 6 heteroatoms. The second-order valence-corrected chi connectivity index (χ2v) is 9.65. The van der Waals surface area contributed by atoms with Crippen LogP contribution in [0.1, 0.15) is 54.6 Å². The number of fused-ring (bicyclic) bond motifs is 1. The van der Waals surface area contributed by atoms with Crippen LogP contribution in [0.25, 0.3) is 0 Å². The number of carbonyl (C=O) groups excluding carboxylic acids is 1. The first-order chi connectivity index (χ1) is 15.3. The Kier molecular flexibility index (Phi) is 6.53. The fraction of sp³-hybridized carbons (Fsp3) is 0.346. The average molecular weight is 452 g/mol. The van der Waals surface area contributed by atoms with E-state index in [2.05, 4.69) is 17.4 Å². The van der Waals surface area contributed by atoms with E-state index in [1.807, 2.05) is 75.5 Å². The standard InChI is InChI=1S/C26H29NO4S/c1-17(2)29-23-20-15-19(27-16-18-9-6-5-7-10-18)12-13-21(20)31-26(3,4)24(23)30-25(28)22-11-8-14-32-22/h5-15,17,23-24,27H,16H2,1-4H3. The number of benzene rings is 2. The van der Waals surface area contributed by atoms with Crippen LogP contribution in [0.3, 0.4) is 0 Å². The molecule has 2 heterocycles. The largest absolute Gasteiger partial charge is 0.483 e. The third-order valence-corrected chi connectivity index (χ3v) is 6.21. The minimum atomic E-state index is -0.752. The Morgan fingerprint density at radius 3 is 2.59 bits per heavy atom. The van der Waals surface area contributed by atoms with Gasteiger partial charge in [0.2, 0.25) is 0 Å². The van der Waals surface area contributed by atoms with E-state index in [1.165, 1.54) is 16.9 Å². The summed E-state index contributed by atoms with van der Waals surface area (Å²) in [6, 6.07) is 19.8. The van der Waals surface area contributed by atoms with E-state index in [1.54, 1.807) is 6.07 Å². The zero-order chi connectivity index (χ0) is 22.7. The van der Waals surface area contributed by atoms with Crippen LogP contribution >= 0.6 is 11.3 Å². The fourth-order valence-corrected chi connectivity index (χ4v) is 4.46. The first-order valence-electron chi connectivity index (χ1n) is 10.8. The molecule has 2 aromatic carbocycles. The predicted molar refractivity (Wildman–Crippen MR) is 127 cm³/mol. The number of esters is 1. The summed E-state index contributed by atoms with van der Waals surface area (Å²) in [7, 11) is 0. The Morgan fingerprint density at radius 1 is 1.12 bits per heavy atom. The lowest BCUT2D eigenvalue weighted by molar-refractivity contribution is -0.151. The van der Waals surface area contributed by atoms with Crippen molar-refractivity contribution in [3.05, 3.63) is 82.0 Å². The van der Waals surface area contributed by atoms with E-state index in [9.17, 15) is 4.79 Å². The summed E-state index contributed by atoms with van der Waals surface area (Å²) in [5.74, 6) is 0.384. The van der Waals surface area contributed by atoms with Gasteiger partial charge in [-0.25, -0.2) is 4.79 Å². The van der Waals surface area contributed by atoms with Gasteiger partial charge in [0, 0.05) is 17.8 Å². The van der Waals surface area contributed by atoms with E-state index < -0.39 is 17.8 Å². The van der Waals surface area contributed by atoms with E-state index in [0.29, 0.717) is 11.4 Å². The Labute approximate surface area is 193 Å². The van der Waals surface area contributed by atoms with E-state index in [0.717, 1.165) is 17.0 Å². The first kappa shape index (κ1) is 22.4. The molecule has 0 saturated heterocycles. The summed E-state index contributed by atoms with van der Waals surface area (Å²) < 4.78 is 18.6. The van der Waals surface area contributed by atoms with Gasteiger partial charge in [-0.15, -0.1) is 11.3 Å². The van der Waals surface area contributed by atoms with Crippen molar-refractivity contribution in [1.29, 1.82) is 0 Å². The maximum absolute atomic E-state index is 12.8. The zero-order valence-electron chi connectivity index (χ0n) is 18.8. The van der Waals surface area contributed by atoms with Crippen molar-refractivity contribution in [3.8, 4) is 5.75 Å². The Hall–Kier alpha value is -2.83. The molecule has 5 nitrogen and oxygen atoms in total. The topological polar surface area (TPSA) is 56.8 Å². The molecule has 4 rings (SSSR count). The molecule has 32 heavy (non-hydrogen) atoms. The maximum atomic E-state index is 12.8. The van der Waals surface area contributed by atoms with Crippen LogP contribution in [0.2, 0.25) is 0 Å². The normalized spacial score (nSPS) is 19.2. The molecule has 0 aliphatic carbocycles. The van der Waals surface area contributed by atoms with Gasteiger partial charge in [-0.05, 0) is 62.9 Å². The number of hydrogen-bond acceptors (Lipinski definition) is 6. The van der Waals surface area contributed by atoms with Crippen molar-refractivity contribution >= 4 is 23.0 Å². The van der Waals surface area contributed by atoms with Crippen molar-refractivity contribution in [2.24, 2.45) is 0 Å². The van der Waals surface area contributed by atoms with Gasteiger partial charge in [-0.3, -0.25) is 0 Å². The van der Waals surface area contributed by atoms with Gasteiger partial charge >= 0.3 is 5.97 Å². The van der Waals surface area contributed by atoms with Crippen molar-refractivity contribution in [2.45, 2.75) is 58.2 Å². The first-order valence-corrected chi connectivity index (χ1v) is 11.7. The maximum Gasteiger partial charge on any atom is 0.348 e. The van der Waals surface area contributed by atoms with Crippen LogP contribution in [-0.2, 0) is 16.0 Å². The van der Waals surface area contributed by atoms with E-state index >= 15 is 0 Å². The number of hydrogen-bond donors (Lipinski definition) is 1. The van der Waals surface area contributed by atoms with Crippen LogP contribution in [0.15, 0.2) is 66.0 Å². The van der Waals surface area contributed by atoms with Crippen LogP contribution in [0, 0.1) is 0 Å². The van der Waals surface area contributed by atoms with Crippen LogP contribution in [0.5, 0.6) is 5.75 Å². The van der Waals surface area contributed by atoms with E-state index in [4.69, 9.17) is 14.2 Å². The zero-order valence-corrected chi connectivity index (χ0v) is 19.6. The fourth-order valence-electron chi connectivity index (χ4n) is 3.85. The Bertz CT molecular complexity index is 1050. The molecule has 0 spiro atoms. The molecule has 1 aliphatic rings. The monoisotopic (exact) mass is 451 g/mol. The van der Waals surface area contributed by atoms with Gasteiger partial charge in [-0.1, -0.05) is 36.4 Å². The summed E-state index contributed by atoms with van der Waals surface area (Å²) in [6.45, 7) is 8.54. The average Bonchev–Trinajstić information content (AvgIpc) is 3.30. The van der Waals surface area contributed by atoms with Crippen LogP contribution in [-0.4, -0.2) is 23.8 Å². The molecule has 1 N–H and O–H groups in total. The predicted octanol–water partition coefficient (Wildman–Crippen LogP) is 6.22. The highest BCUT2D eigenvalue weighted by atomic mass is 32.1. The number of rotatable bonds is 7.